The van der Waals surface area contributed by atoms with Crippen LogP contribution in [0.4, 0.5) is 0 Å². The first-order valence-electron chi connectivity index (χ1n) is 5.55. The molecule has 3 heteroatoms. The van der Waals surface area contributed by atoms with E-state index in [0.29, 0.717) is 11.4 Å². The summed E-state index contributed by atoms with van der Waals surface area (Å²) in [5.41, 5.74) is 0.723. The van der Waals surface area contributed by atoms with Crippen LogP contribution in [0.25, 0.3) is 0 Å². The average molecular weight is 265 g/mol. The zero-order valence-corrected chi connectivity index (χ0v) is 11.1. The second-order valence-electron chi connectivity index (χ2n) is 3.83. The van der Waals surface area contributed by atoms with Crippen LogP contribution in [0.1, 0.15) is 27.0 Å². The van der Waals surface area contributed by atoms with E-state index in [1.807, 2.05) is 6.07 Å². The Morgan fingerprint density at radius 2 is 1.76 bits per heavy atom. The first kappa shape index (κ1) is 12.3. The van der Waals surface area contributed by atoms with E-state index >= 15 is 0 Å². The van der Waals surface area contributed by atoms with Gasteiger partial charge in [-0.1, -0.05) is 18.5 Å². The number of rotatable bonds is 4. The van der Waals surface area contributed by atoms with Crippen molar-refractivity contribution in [1.82, 2.24) is 0 Å². The standard InChI is InChI=1S/C14H13ClOS/c1-2-12-7-8-13(17-12)9-14(16)10-3-5-11(15)6-4-10/h3-8H,2,9H2,1H3. The summed E-state index contributed by atoms with van der Waals surface area (Å²) in [6, 6.07) is 11.2. The first-order chi connectivity index (χ1) is 8.19. The Kier molecular flexibility index (Phi) is 3.97. The minimum absolute atomic E-state index is 0.145. The quantitative estimate of drug-likeness (QED) is 0.749. The Labute approximate surface area is 110 Å². The summed E-state index contributed by atoms with van der Waals surface area (Å²) >= 11 is 7.50. The summed E-state index contributed by atoms with van der Waals surface area (Å²) in [6.45, 7) is 2.12. The lowest BCUT2D eigenvalue weighted by atomic mass is 10.1. The minimum atomic E-state index is 0.145. The van der Waals surface area contributed by atoms with Gasteiger partial charge in [0.15, 0.2) is 5.78 Å². The van der Waals surface area contributed by atoms with Gasteiger partial charge in [-0.3, -0.25) is 4.79 Å². The number of benzene rings is 1. The second kappa shape index (κ2) is 5.48. The molecule has 1 heterocycles. The van der Waals surface area contributed by atoms with Crippen molar-refractivity contribution in [3.8, 4) is 0 Å². The van der Waals surface area contributed by atoms with Crippen LogP contribution in [-0.4, -0.2) is 5.78 Å². The Morgan fingerprint density at radius 1 is 1.12 bits per heavy atom. The van der Waals surface area contributed by atoms with Crippen LogP contribution >= 0.6 is 22.9 Å². The summed E-state index contributed by atoms with van der Waals surface area (Å²) < 4.78 is 0. The third-order valence-electron chi connectivity index (χ3n) is 2.57. The van der Waals surface area contributed by atoms with Crippen molar-refractivity contribution in [1.29, 1.82) is 0 Å². The van der Waals surface area contributed by atoms with E-state index in [9.17, 15) is 4.79 Å². The van der Waals surface area contributed by atoms with Crippen molar-refractivity contribution in [3.05, 3.63) is 56.7 Å². The molecular formula is C14H13ClOS. The number of hydrogen-bond donors (Lipinski definition) is 0. The molecule has 2 rings (SSSR count). The Morgan fingerprint density at radius 3 is 2.35 bits per heavy atom. The molecule has 88 valence electrons. The van der Waals surface area contributed by atoms with Gasteiger partial charge in [0.2, 0.25) is 0 Å². The van der Waals surface area contributed by atoms with Crippen LogP contribution in [0, 0.1) is 0 Å². The molecule has 0 fully saturated rings. The lowest BCUT2D eigenvalue weighted by Gasteiger charge is -1.99. The van der Waals surface area contributed by atoms with Crippen LogP contribution in [0.3, 0.4) is 0 Å². The maximum atomic E-state index is 12.0. The molecule has 2 aromatic rings. The van der Waals surface area contributed by atoms with Gasteiger partial charge in [0.1, 0.15) is 0 Å². The van der Waals surface area contributed by atoms with Gasteiger partial charge >= 0.3 is 0 Å². The molecule has 0 aliphatic heterocycles. The van der Waals surface area contributed by atoms with Crippen molar-refractivity contribution in [2.45, 2.75) is 19.8 Å². The molecule has 0 atom stereocenters. The lowest BCUT2D eigenvalue weighted by Crippen LogP contribution is -2.01. The molecule has 1 aromatic heterocycles. The Hall–Kier alpha value is -1.12. The number of ketones is 1. The van der Waals surface area contributed by atoms with Gasteiger partial charge in [0.05, 0.1) is 0 Å². The monoisotopic (exact) mass is 264 g/mol. The van der Waals surface area contributed by atoms with Crippen molar-refractivity contribution < 1.29 is 4.79 Å². The molecule has 1 nitrogen and oxygen atoms in total. The van der Waals surface area contributed by atoms with Crippen molar-refractivity contribution in [3.63, 3.8) is 0 Å². The fourth-order valence-electron chi connectivity index (χ4n) is 1.60. The highest BCUT2D eigenvalue weighted by atomic mass is 35.5. The predicted molar refractivity (Wildman–Crippen MR) is 73.2 cm³/mol. The summed E-state index contributed by atoms with van der Waals surface area (Å²) in [5, 5.41) is 0.658. The van der Waals surface area contributed by atoms with Crippen LogP contribution in [-0.2, 0) is 12.8 Å². The molecule has 0 aliphatic carbocycles. The Bertz CT molecular complexity index is 513. The minimum Gasteiger partial charge on any atom is -0.294 e. The molecule has 0 bridgehead atoms. The van der Waals surface area contributed by atoms with Gasteiger partial charge in [0, 0.05) is 26.8 Å². The van der Waals surface area contributed by atoms with E-state index in [1.54, 1.807) is 35.6 Å². The topological polar surface area (TPSA) is 17.1 Å². The molecule has 0 saturated carbocycles. The third-order valence-corrected chi connectivity index (χ3v) is 4.05. The average Bonchev–Trinajstić information content (AvgIpc) is 2.77. The number of thiophene rings is 1. The molecular weight excluding hydrogens is 252 g/mol. The normalized spacial score (nSPS) is 10.5. The van der Waals surface area contributed by atoms with E-state index < -0.39 is 0 Å². The van der Waals surface area contributed by atoms with Gasteiger partial charge in [0.25, 0.3) is 0 Å². The second-order valence-corrected chi connectivity index (χ2v) is 5.52. The van der Waals surface area contributed by atoms with Gasteiger partial charge in [-0.15, -0.1) is 11.3 Å². The van der Waals surface area contributed by atoms with Crippen LogP contribution in [0.2, 0.25) is 5.02 Å². The Balaban J connectivity index is 2.08. The van der Waals surface area contributed by atoms with Crippen LogP contribution in [0.15, 0.2) is 36.4 Å². The molecule has 17 heavy (non-hydrogen) atoms. The highest BCUT2D eigenvalue weighted by Crippen LogP contribution is 2.19. The van der Waals surface area contributed by atoms with Gasteiger partial charge < -0.3 is 0 Å². The van der Waals surface area contributed by atoms with Crippen LogP contribution < -0.4 is 0 Å². The molecule has 0 N–H and O–H groups in total. The van der Waals surface area contributed by atoms with Crippen molar-refractivity contribution in [2.75, 3.05) is 0 Å². The zero-order valence-electron chi connectivity index (χ0n) is 9.57. The maximum Gasteiger partial charge on any atom is 0.168 e. The van der Waals surface area contributed by atoms with Crippen LogP contribution in [0.5, 0.6) is 0 Å². The predicted octanol–water partition coefficient (Wildman–Crippen LogP) is 4.39. The number of aryl methyl sites for hydroxylation is 1. The first-order valence-corrected chi connectivity index (χ1v) is 6.75. The summed E-state index contributed by atoms with van der Waals surface area (Å²) in [6.07, 6.45) is 1.51. The van der Waals surface area contributed by atoms with E-state index in [0.717, 1.165) is 16.9 Å². The number of carbonyl (C=O) groups excluding carboxylic acids is 1. The van der Waals surface area contributed by atoms with E-state index in [4.69, 9.17) is 11.6 Å². The number of halogens is 1. The van der Waals surface area contributed by atoms with E-state index in [-0.39, 0.29) is 5.78 Å². The maximum absolute atomic E-state index is 12.0. The molecule has 0 radical (unpaired) electrons. The zero-order chi connectivity index (χ0) is 12.3. The van der Waals surface area contributed by atoms with E-state index in [1.165, 1.54) is 4.88 Å². The van der Waals surface area contributed by atoms with Gasteiger partial charge in [-0.05, 0) is 42.8 Å². The van der Waals surface area contributed by atoms with Gasteiger partial charge in [-0.2, -0.15) is 0 Å². The SMILES string of the molecule is CCc1ccc(CC(=O)c2ccc(Cl)cc2)s1. The molecule has 0 spiro atoms. The summed E-state index contributed by atoms with van der Waals surface area (Å²) in [7, 11) is 0. The fraction of sp³-hybridized carbons (Fsp3) is 0.214. The van der Waals surface area contributed by atoms with Crippen molar-refractivity contribution in [2.24, 2.45) is 0 Å². The molecule has 1 aromatic carbocycles. The third kappa shape index (κ3) is 3.18. The molecule has 0 unspecified atom stereocenters. The highest BCUT2D eigenvalue weighted by molar-refractivity contribution is 7.12. The van der Waals surface area contributed by atoms with E-state index in [2.05, 4.69) is 13.0 Å². The summed E-state index contributed by atoms with van der Waals surface area (Å²) in [4.78, 5) is 14.4. The largest absolute Gasteiger partial charge is 0.294 e. The number of hydrogen-bond acceptors (Lipinski definition) is 2. The molecule has 0 saturated heterocycles. The lowest BCUT2D eigenvalue weighted by molar-refractivity contribution is 0.0994. The number of Topliss-reactive ketones (excluding diaryl/α,β-unsaturated/α-hetero) is 1. The highest BCUT2D eigenvalue weighted by Gasteiger charge is 2.08. The number of carbonyl (C=O) groups is 1. The smallest absolute Gasteiger partial charge is 0.168 e. The van der Waals surface area contributed by atoms with Crippen molar-refractivity contribution >= 4 is 28.7 Å². The molecule has 0 aliphatic rings. The fourth-order valence-corrected chi connectivity index (χ4v) is 2.69. The molecule has 0 amide bonds. The van der Waals surface area contributed by atoms with Gasteiger partial charge in [-0.25, -0.2) is 0 Å². The summed E-state index contributed by atoms with van der Waals surface area (Å²) in [5.74, 6) is 0.145.